The molecule has 0 spiro atoms. The van der Waals surface area contributed by atoms with E-state index in [-0.39, 0.29) is 5.91 Å². The Labute approximate surface area is 100 Å². The maximum absolute atomic E-state index is 11.5. The maximum Gasteiger partial charge on any atom is 0.269 e. The van der Waals surface area contributed by atoms with Crippen molar-refractivity contribution in [2.45, 2.75) is 12.8 Å². The Kier molecular flexibility index (Phi) is 3.91. The number of rotatable bonds is 5. The Morgan fingerprint density at radius 2 is 2.12 bits per heavy atom. The Hall–Kier alpha value is -2.10. The van der Waals surface area contributed by atoms with Gasteiger partial charge < -0.3 is 10.3 Å². The summed E-state index contributed by atoms with van der Waals surface area (Å²) in [6.45, 7) is 0.673. The zero-order valence-corrected chi connectivity index (χ0v) is 9.52. The lowest BCUT2D eigenvalue weighted by Gasteiger charge is -2.03. The molecule has 0 unspecified atom stereocenters. The predicted octanol–water partition coefficient (Wildman–Crippen LogP) is 1.77. The number of nitrogens with one attached hydrogen (secondary N) is 2. The normalized spacial score (nSPS) is 10.1. The summed E-state index contributed by atoms with van der Waals surface area (Å²) in [5.74, 6) is -0.101. The van der Waals surface area contributed by atoms with Gasteiger partial charge in [-0.05, 0) is 18.4 Å². The van der Waals surface area contributed by atoms with Gasteiger partial charge in [0, 0.05) is 6.54 Å². The van der Waals surface area contributed by atoms with Gasteiger partial charge in [0.2, 0.25) is 0 Å². The summed E-state index contributed by atoms with van der Waals surface area (Å²) in [5, 5.41) is 2.85. The highest BCUT2D eigenvalue weighted by Crippen LogP contribution is 2.01. The molecule has 1 aromatic carbocycles. The van der Waals surface area contributed by atoms with Crippen molar-refractivity contribution in [2.75, 3.05) is 6.54 Å². The molecule has 4 nitrogen and oxygen atoms in total. The molecule has 0 radical (unpaired) electrons. The average molecular weight is 229 g/mol. The van der Waals surface area contributed by atoms with E-state index in [1.165, 1.54) is 18.1 Å². The van der Waals surface area contributed by atoms with Gasteiger partial charge in [-0.1, -0.05) is 30.3 Å². The monoisotopic (exact) mass is 229 g/mol. The van der Waals surface area contributed by atoms with E-state index in [0.29, 0.717) is 12.2 Å². The molecule has 0 saturated carbocycles. The van der Waals surface area contributed by atoms with Crippen LogP contribution in [0.3, 0.4) is 0 Å². The van der Waals surface area contributed by atoms with Crippen LogP contribution in [0.1, 0.15) is 22.5 Å². The minimum atomic E-state index is -0.101. The van der Waals surface area contributed by atoms with E-state index in [1.54, 1.807) is 0 Å². The number of amides is 1. The van der Waals surface area contributed by atoms with Crippen molar-refractivity contribution in [2.24, 2.45) is 0 Å². The molecule has 0 aliphatic rings. The quantitative estimate of drug-likeness (QED) is 0.768. The van der Waals surface area contributed by atoms with Crippen molar-refractivity contribution in [1.82, 2.24) is 15.3 Å². The number of carbonyl (C=O) groups is 1. The number of nitrogens with zero attached hydrogens (tertiary/aromatic N) is 1. The highest BCUT2D eigenvalue weighted by Gasteiger charge is 2.04. The molecular weight excluding hydrogens is 214 g/mol. The molecule has 0 bridgehead atoms. The SMILES string of the molecule is O=C(NCCCc1ccccc1)c1cnc[nH]1. The number of H-pyrrole nitrogens is 1. The van der Waals surface area contributed by atoms with E-state index < -0.39 is 0 Å². The zero-order valence-electron chi connectivity index (χ0n) is 9.52. The number of carbonyl (C=O) groups excluding carboxylic acids is 1. The first-order valence-corrected chi connectivity index (χ1v) is 5.67. The summed E-state index contributed by atoms with van der Waals surface area (Å²) in [6, 6.07) is 10.2. The second kappa shape index (κ2) is 5.84. The molecule has 0 aliphatic carbocycles. The molecule has 0 aliphatic heterocycles. The molecule has 1 heterocycles. The predicted molar refractivity (Wildman–Crippen MR) is 65.7 cm³/mol. The Morgan fingerprint density at radius 3 is 2.82 bits per heavy atom. The topological polar surface area (TPSA) is 57.8 Å². The van der Waals surface area contributed by atoms with Gasteiger partial charge in [0.25, 0.3) is 5.91 Å². The number of aromatic amines is 1. The summed E-state index contributed by atoms with van der Waals surface area (Å²) in [5.41, 5.74) is 1.80. The van der Waals surface area contributed by atoms with Crippen LogP contribution in [0.2, 0.25) is 0 Å². The zero-order chi connectivity index (χ0) is 11.9. The third-order valence-electron chi connectivity index (χ3n) is 2.51. The molecule has 88 valence electrons. The van der Waals surface area contributed by atoms with Gasteiger partial charge in [0.05, 0.1) is 12.5 Å². The van der Waals surface area contributed by atoms with Crippen molar-refractivity contribution in [3.8, 4) is 0 Å². The highest BCUT2D eigenvalue weighted by atomic mass is 16.1. The summed E-state index contributed by atoms with van der Waals surface area (Å²) in [6.07, 6.45) is 4.93. The van der Waals surface area contributed by atoms with Gasteiger partial charge in [-0.15, -0.1) is 0 Å². The standard InChI is InChI=1S/C13H15N3O/c17-13(12-9-14-10-16-12)15-8-4-7-11-5-2-1-3-6-11/h1-3,5-6,9-10H,4,7-8H2,(H,14,16)(H,15,17). The Balaban J connectivity index is 1.69. The third-order valence-corrected chi connectivity index (χ3v) is 2.51. The van der Waals surface area contributed by atoms with Crippen molar-refractivity contribution in [1.29, 1.82) is 0 Å². The second-order valence-electron chi connectivity index (χ2n) is 3.81. The molecule has 2 N–H and O–H groups in total. The van der Waals surface area contributed by atoms with Crippen LogP contribution in [0.5, 0.6) is 0 Å². The van der Waals surface area contributed by atoms with Crippen LogP contribution in [0.4, 0.5) is 0 Å². The number of hydrogen-bond acceptors (Lipinski definition) is 2. The first-order valence-electron chi connectivity index (χ1n) is 5.67. The van der Waals surface area contributed by atoms with Gasteiger partial charge in [-0.25, -0.2) is 4.98 Å². The summed E-state index contributed by atoms with van der Waals surface area (Å²) < 4.78 is 0. The van der Waals surface area contributed by atoms with Crippen LogP contribution in [0, 0.1) is 0 Å². The second-order valence-corrected chi connectivity index (χ2v) is 3.81. The molecule has 1 amide bonds. The fourth-order valence-electron chi connectivity index (χ4n) is 1.61. The molecular formula is C13H15N3O. The van der Waals surface area contributed by atoms with Crippen LogP contribution < -0.4 is 5.32 Å². The van der Waals surface area contributed by atoms with Gasteiger partial charge in [-0.3, -0.25) is 4.79 Å². The van der Waals surface area contributed by atoms with Crippen LogP contribution in [-0.4, -0.2) is 22.4 Å². The highest BCUT2D eigenvalue weighted by molar-refractivity contribution is 5.91. The first-order chi connectivity index (χ1) is 8.36. The molecule has 0 atom stereocenters. The van der Waals surface area contributed by atoms with Crippen LogP contribution >= 0.6 is 0 Å². The molecule has 0 fully saturated rings. The number of hydrogen-bond donors (Lipinski definition) is 2. The lowest BCUT2D eigenvalue weighted by Crippen LogP contribution is -2.25. The summed E-state index contributed by atoms with van der Waals surface area (Å²) >= 11 is 0. The molecule has 2 aromatic rings. The molecule has 1 aromatic heterocycles. The summed E-state index contributed by atoms with van der Waals surface area (Å²) in [4.78, 5) is 18.1. The van der Waals surface area contributed by atoms with Crippen molar-refractivity contribution >= 4 is 5.91 Å². The van der Waals surface area contributed by atoms with Gasteiger partial charge in [0.1, 0.15) is 5.69 Å². The minimum Gasteiger partial charge on any atom is -0.351 e. The minimum absolute atomic E-state index is 0.101. The number of aromatic nitrogens is 2. The molecule has 4 heteroatoms. The van der Waals surface area contributed by atoms with E-state index in [1.807, 2.05) is 18.2 Å². The summed E-state index contributed by atoms with van der Waals surface area (Å²) in [7, 11) is 0. The van der Waals surface area contributed by atoms with E-state index in [4.69, 9.17) is 0 Å². The van der Waals surface area contributed by atoms with Gasteiger partial charge in [0.15, 0.2) is 0 Å². The van der Waals surface area contributed by atoms with Gasteiger partial charge >= 0.3 is 0 Å². The molecule has 0 saturated heterocycles. The fourth-order valence-corrected chi connectivity index (χ4v) is 1.61. The average Bonchev–Trinajstić information content (AvgIpc) is 2.89. The number of aryl methyl sites for hydroxylation is 1. The number of benzene rings is 1. The molecule has 17 heavy (non-hydrogen) atoms. The third kappa shape index (κ3) is 3.45. The molecule has 2 rings (SSSR count). The fraction of sp³-hybridized carbons (Fsp3) is 0.231. The van der Waals surface area contributed by atoms with Gasteiger partial charge in [-0.2, -0.15) is 0 Å². The first kappa shape index (κ1) is 11.4. The number of imidazole rings is 1. The van der Waals surface area contributed by atoms with Crippen molar-refractivity contribution in [3.63, 3.8) is 0 Å². The maximum atomic E-state index is 11.5. The van der Waals surface area contributed by atoms with Crippen LogP contribution in [0.25, 0.3) is 0 Å². The largest absolute Gasteiger partial charge is 0.351 e. The smallest absolute Gasteiger partial charge is 0.269 e. The van der Waals surface area contributed by atoms with Crippen LogP contribution in [-0.2, 0) is 6.42 Å². The van der Waals surface area contributed by atoms with Crippen molar-refractivity contribution in [3.05, 3.63) is 54.1 Å². The Morgan fingerprint density at radius 1 is 1.29 bits per heavy atom. The van der Waals surface area contributed by atoms with Crippen molar-refractivity contribution < 1.29 is 4.79 Å². The van der Waals surface area contributed by atoms with Crippen LogP contribution in [0.15, 0.2) is 42.9 Å². The Bertz CT molecular complexity index is 451. The van der Waals surface area contributed by atoms with E-state index >= 15 is 0 Å². The lowest BCUT2D eigenvalue weighted by molar-refractivity contribution is 0.0949. The van der Waals surface area contributed by atoms with E-state index in [0.717, 1.165) is 12.8 Å². The van der Waals surface area contributed by atoms with E-state index in [9.17, 15) is 4.79 Å². The lowest BCUT2D eigenvalue weighted by atomic mass is 10.1. The van der Waals surface area contributed by atoms with E-state index in [2.05, 4.69) is 27.4 Å².